The summed E-state index contributed by atoms with van der Waals surface area (Å²) in [5, 5.41) is 23.4. The van der Waals surface area contributed by atoms with Gasteiger partial charge in [0.1, 0.15) is 47.7 Å². The number of aromatic nitrogens is 4. The number of Topliss-reactive ketones (excluding diaryl/α,β-unsaturated/α-hetero) is 2. The SMILES string of the molecule is COC(=O)C[C@@H]1N=C(c2ccc(CC(=O)CCc3ccc(OCCOCCOCCOCC(=O)C[C@H](C(=O)N4C[C@H](O)C[C@H]4C(=O)N[C@@H](C)c4ccc(-c5scnc5C)cc4)C(C)(C)C)cc3)cc2)c2c(sc(C)c2C)-n2c(C)nnc21. The Hall–Kier alpha value is -6.81. The van der Waals surface area contributed by atoms with E-state index in [1.165, 1.54) is 12.0 Å². The molecule has 0 saturated carbocycles. The number of β-amino-alcohol motifs (C(OH)–C–C–N with tert-alkyl or cyclic N) is 1. The molecule has 18 nitrogen and oxygen atoms in total. The number of aryl methyl sites for hydroxylation is 4. The van der Waals surface area contributed by atoms with E-state index in [1.807, 2.05) is 124 Å². The number of aliphatic imine (C=N–C) groups is 1. The molecule has 0 spiro atoms. The third-order valence-corrected chi connectivity index (χ3v) is 17.2. The molecule has 0 radical (unpaired) electrons. The Balaban J connectivity index is 0.691. The molecule has 5 heterocycles. The Morgan fingerprint density at radius 2 is 1.48 bits per heavy atom. The highest BCUT2D eigenvalue weighted by atomic mass is 32.1. The lowest BCUT2D eigenvalue weighted by Gasteiger charge is -2.35. The van der Waals surface area contributed by atoms with Crippen LogP contribution in [0.3, 0.4) is 0 Å². The maximum absolute atomic E-state index is 14.1. The van der Waals surface area contributed by atoms with Gasteiger partial charge in [0, 0.05) is 54.1 Å². The number of thiophene rings is 1. The molecule has 436 valence electrons. The zero-order chi connectivity index (χ0) is 58.7. The number of ketones is 2. The summed E-state index contributed by atoms with van der Waals surface area (Å²) in [6.45, 7) is 17.2. The number of carbonyl (C=O) groups excluding carboxylic acids is 5. The Kier molecular flexibility index (Phi) is 20.9. The first-order valence-corrected chi connectivity index (χ1v) is 29.5. The van der Waals surface area contributed by atoms with Crippen molar-refractivity contribution in [2.24, 2.45) is 16.3 Å². The number of aliphatic hydroxyl groups is 1. The molecule has 5 atom stereocenters. The van der Waals surface area contributed by atoms with Gasteiger partial charge in [-0.25, -0.2) is 4.98 Å². The van der Waals surface area contributed by atoms with E-state index in [0.29, 0.717) is 63.1 Å². The van der Waals surface area contributed by atoms with Crippen LogP contribution in [0.4, 0.5) is 0 Å². The number of esters is 1. The lowest BCUT2D eigenvalue weighted by molar-refractivity contribution is -0.147. The van der Waals surface area contributed by atoms with E-state index in [-0.39, 0.29) is 81.0 Å². The van der Waals surface area contributed by atoms with Crippen LogP contribution in [0.2, 0.25) is 0 Å². The van der Waals surface area contributed by atoms with Crippen LogP contribution < -0.4 is 10.1 Å². The lowest BCUT2D eigenvalue weighted by atomic mass is 9.77. The lowest BCUT2D eigenvalue weighted by Crippen LogP contribution is -2.50. The number of thiazole rings is 1. The zero-order valence-corrected chi connectivity index (χ0v) is 50.0. The monoisotopic (exact) mass is 1160 g/mol. The van der Waals surface area contributed by atoms with Gasteiger partial charge in [-0.1, -0.05) is 81.4 Å². The minimum absolute atomic E-state index is 0.00910. The second kappa shape index (κ2) is 28.0. The number of likely N-dealkylation sites (tertiary alicyclic amines) is 1. The summed E-state index contributed by atoms with van der Waals surface area (Å²) in [6, 6.07) is 21.8. The molecule has 2 aliphatic heterocycles. The molecule has 0 bridgehead atoms. The second-order valence-corrected chi connectivity index (χ2v) is 24.1. The molecule has 1 saturated heterocycles. The van der Waals surface area contributed by atoms with Crippen LogP contribution in [0.15, 0.2) is 83.3 Å². The van der Waals surface area contributed by atoms with E-state index < -0.39 is 29.5 Å². The molecule has 2 N–H and O–H groups in total. The highest BCUT2D eigenvalue weighted by Crippen LogP contribution is 2.40. The normalized spacial score (nSPS) is 16.6. The van der Waals surface area contributed by atoms with Gasteiger partial charge in [-0.3, -0.25) is 33.5 Å². The quantitative estimate of drug-likeness (QED) is 0.0364. The third-order valence-electron chi connectivity index (χ3n) is 15.0. The molecule has 0 aliphatic carbocycles. The van der Waals surface area contributed by atoms with Gasteiger partial charge in [0.05, 0.1) is 80.5 Å². The van der Waals surface area contributed by atoms with Gasteiger partial charge < -0.3 is 39.0 Å². The van der Waals surface area contributed by atoms with Gasteiger partial charge in [0.15, 0.2) is 11.6 Å². The number of hydrogen-bond donors (Lipinski definition) is 2. The summed E-state index contributed by atoms with van der Waals surface area (Å²) in [5.41, 5.74) is 9.79. The van der Waals surface area contributed by atoms with Gasteiger partial charge in [0.2, 0.25) is 11.8 Å². The Labute approximate surface area is 487 Å². The Bertz CT molecular complexity index is 3220. The van der Waals surface area contributed by atoms with Gasteiger partial charge in [-0.05, 0) is 86.4 Å². The predicted molar refractivity (Wildman–Crippen MR) is 314 cm³/mol. The molecular formula is C62H75N7O11S2. The van der Waals surface area contributed by atoms with Crippen LogP contribution in [-0.4, -0.2) is 137 Å². The van der Waals surface area contributed by atoms with Crippen molar-refractivity contribution in [3.63, 3.8) is 0 Å². The molecule has 6 aromatic rings. The van der Waals surface area contributed by atoms with Crippen molar-refractivity contribution in [3.05, 3.63) is 134 Å². The number of nitrogens with one attached hydrogen (secondary N) is 1. The minimum Gasteiger partial charge on any atom is -0.491 e. The van der Waals surface area contributed by atoms with E-state index in [9.17, 15) is 29.1 Å². The van der Waals surface area contributed by atoms with Crippen molar-refractivity contribution in [2.45, 2.75) is 118 Å². The molecule has 8 rings (SSSR count). The fraction of sp³-hybridized carbons (Fsp3) is 0.468. The summed E-state index contributed by atoms with van der Waals surface area (Å²) >= 11 is 3.22. The van der Waals surface area contributed by atoms with Gasteiger partial charge >= 0.3 is 5.97 Å². The van der Waals surface area contributed by atoms with Gasteiger partial charge in [0.25, 0.3) is 0 Å². The summed E-state index contributed by atoms with van der Waals surface area (Å²) in [4.78, 5) is 79.8. The molecule has 2 aliphatic rings. The summed E-state index contributed by atoms with van der Waals surface area (Å²) < 4.78 is 29.8. The second-order valence-electron chi connectivity index (χ2n) is 22.0. The molecule has 0 unspecified atom stereocenters. The average Bonchev–Trinajstić information content (AvgIpc) is 3.91. The van der Waals surface area contributed by atoms with Crippen molar-refractivity contribution < 1.29 is 52.8 Å². The fourth-order valence-electron chi connectivity index (χ4n) is 10.2. The number of amides is 2. The summed E-state index contributed by atoms with van der Waals surface area (Å²) in [6.07, 6.45) is 0.494. The topological polar surface area (TPSA) is 223 Å². The van der Waals surface area contributed by atoms with E-state index in [0.717, 1.165) is 65.1 Å². The number of hydrogen-bond acceptors (Lipinski definition) is 17. The van der Waals surface area contributed by atoms with E-state index in [1.54, 1.807) is 22.7 Å². The van der Waals surface area contributed by atoms with Crippen LogP contribution >= 0.6 is 22.7 Å². The van der Waals surface area contributed by atoms with E-state index in [4.69, 9.17) is 28.7 Å². The third kappa shape index (κ3) is 15.4. The van der Waals surface area contributed by atoms with Crippen molar-refractivity contribution in [1.82, 2.24) is 30.0 Å². The summed E-state index contributed by atoms with van der Waals surface area (Å²) in [7, 11) is 1.36. The van der Waals surface area contributed by atoms with Crippen LogP contribution in [0, 0.1) is 39.0 Å². The zero-order valence-electron chi connectivity index (χ0n) is 48.3. The van der Waals surface area contributed by atoms with Crippen molar-refractivity contribution in [1.29, 1.82) is 0 Å². The molecule has 20 heteroatoms. The van der Waals surface area contributed by atoms with Crippen molar-refractivity contribution in [2.75, 3.05) is 59.9 Å². The molecular weight excluding hydrogens is 1080 g/mol. The minimum atomic E-state index is -0.871. The predicted octanol–water partition coefficient (Wildman–Crippen LogP) is 8.77. The average molecular weight is 1160 g/mol. The highest BCUT2D eigenvalue weighted by molar-refractivity contribution is 7.15. The van der Waals surface area contributed by atoms with Crippen LogP contribution in [0.25, 0.3) is 15.4 Å². The molecule has 3 aromatic heterocycles. The largest absolute Gasteiger partial charge is 0.491 e. The Morgan fingerprint density at radius 1 is 0.817 bits per heavy atom. The number of nitrogens with zero attached hydrogens (tertiary/aromatic N) is 6. The van der Waals surface area contributed by atoms with Gasteiger partial charge in [-0.2, -0.15) is 0 Å². The number of carbonyl (C=O) groups is 5. The smallest absolute Gasteiger partial charge is 0.308 e. The maximum Gasteiger partial charge on any atom is 0.308 e. The summed E-state index contributed by atoms with van der Waals surface area (Å²) in [5.74, 6) is 0.0718. The first-order chi connectivity index (χ1) is 39.3. The fourth-order valence-corrected chi connectivity index (χ4v) is 12.2. The van der Waals surface area contributed by atoms with Crippen LogP contribution in [0.1, 0.15) is 121 Å². The van der Waals surface area contributed by atoms with Gasteiger partial charge in [-0.15, -0.1) is 32.9 Å². The first kappa shape index (κ1) is 61.3. The molecule has 1 fully saturated rings. The number of fused-ring (bicyclic) bond motifs is 3. The van der Waals surface area contributed by atoms with Crippen LogP contribution in [0.5, 0.6) is 5.75 Å². The first-order valence-electron chi connectivity index (χ1n) is 27.8. The highest BCUT2D eigenvalue weighted by Gasteiger charge is 2.45. The molecule has 2 amide bonds. The maximum atomic E-state index is 14.1. The molecule has 82 heavy (non-hydrogen) atoms. The number of methoxy groups -OCH3 is 1. The van der Waals surface area contributed by atoms with Crippen molar-refractivity contribution in [3.8, 4) is 21.2 Å². The van der Waals surface area contributed by atoms with E-state index in [2.05, 4.69) is 34.3 Å². The Morgan fingerprint density at radius 3 is 2.13 bits per heavy atom. The van der Waals surface area contributed by atoms with Crippen LogP contribution in [-0.2, 0) is 55.8 Å². The van der Waals surface area contributed by atoms with Crippen molar-refractivity contribution >= 4 is 57.7 Å². The number of benzene rings is 3. The number of aliphatic hydroxyl groups excluding tert-OH is 1. The number of rotatable bonds is 27. The molecule has 3 aromatic carbocycles. The standard InChI is InChI=1S/C62H75N7O11S2/c1-37-40(4)82-61-55(37)56(65-52(33-54(73)76-9)58-67-66-41(5)69(58)61)45-15-10-43(11-16-45)30-47(70)21-12-42-13-22-50(23-14-42)80-29-28-78-25-24-77-26-27-79-35-49(72)31-51(62(6,7)8)60(75)68-34-48(71)32-53(68)59(74)64-38(2)44-17-19-46(20-18-44)57-39(3)63-36-81-57/h10-11,13-20,22-23,36,38,48,51-53,71H,12,21,24-35H2,1-9H3,(H,64,74)/t38-,48+,51+,52-,53-/m0/s1. The van der Waals surface area contributed by atoms with E-state index >= 15 is 0 Å². The number of ether oxygens (including phenoxy) is 5.